The Morgan fingerprint density at radius 1 is 1.21 bits per heavy atom. The van der Waals surface area contributed by atoms with Crippen LogP contribution in [0.1, 0.15) is 38.1 Å². The molecule has 0 saturated heterocycles. The molecule has 0 saturated carbocycles. The van der Waals surface area contributed by atoms with Gasteiger partial charge in [0, 0.05) is 12.1 Å². The number of amides is 1. The van der Waals surface area contributed by atoms with Crippen LogP contribution in [0, 0.1) is 0 Å². The molecule has 5 heteroatoms. The van der Waals surface area contributed by atoms with E-state index in [1.807, 2.05) is 32.6 Å². The van der Waals surface area contributed by atoms with Gasteiger partial charge in [-0.3, -0.25) is 10.1 Å². The van der Waals surface area contributed by atoms with E-state index in [1.165, 1.54) is 0 Å². The van der Waals surface area contributed by atoms with E-state index < -0.39 is 0 Å². The maximum atomic E-state index is 12.1. The Hall–Kier alpha value is -1.13. The number of nitrogens with one attached hydrogen (secondary N) is 1. The SMILES string of the molecule is CC(C)N(C(=S)NC(=O)c1ccccc1Cl)C(C)C. The summed E-state index contributed by atoms with van der Waals surface area (Å²) < 4.78 is 0. The van der Waals surface area contributed by atoms with Gasteiger partial charge in [0.05, 0.1) is 10.6 Å². The lowest BCUT2D eigenvalue weighted by Gasteiger charge is -2.33. The number of hydrogen-bond donors (Lipinski definition) is 1. The minimum Gasteiger partial charge on any atom is -0.344 e. The summed E-state index contributed by atoms with van der Waals surface area (Å²) in [4.78, 5) is 14.1. The molecule has 0 aliphatic heterocycles. The lowest BCUT2D eigenvalue weighted by atomic mass is 10.2. The smallest absolute Gasteiger partial charge is 0.258 e. The molecule has 0 spiro atoms. The highest BCUT2D eigenvalue weighted by Crippen LogP contribution is 2.15. The number of hydrogen-bond acceptors (Lipinski definition) is 2. The second kappa shape index (κ2) is 6.87. The summed E-state index contributed by atoms with van der Waals surface area (Å²) in [5, 5.41) is 3.58. The third-order valence-corrected chi connectivity index (χ3v) is 3.33. The maximum Gasteiger partial charge on any atom is 0.258 e. The van der Waals surface area contributed by atoms with Gasteiger partial charge < -0.3 is 4.90 Å². The zero-order valence-corrected chi connectivity index (χ0v) is 13.2. The molecule has 0 atom stereocenters. The second-order valence-electron chi connectivity index (χ2n) is 4.83. The van der Waals surface area contributed by atoms with Crippen molar-refractivity contribution in [3.8, 4) is 0 Å². The Labute approximate surface area is 124 Å². The van der Waals surface area contributed by atoms with Crippen molar-refractivity contribution in [3.63, 3.8) is 0 Å². The Morgan fingerprint density at radius 3 is 2.21 bits per heavy atom. The minimum atomic E-state index is -0.276. The Bertz CT molecular complexity index is 466. The number of halogens is 1. The summed E-state index contributed by atoms with van der Waals surface area (Å²) in [6.45, 7) is 8.14. The number of carbonyl (C=O) groups is 1. The van der Waals surface area contributed by atoms with Crippen LogP contribution >= 0.6 is 23.8 Å². The van der Waals surface area contributed by atoms with Crippen LogP contribution < -0.4 is 5.32 Å². The van der Waals surface area contributed by atoms with Gasteiger partial charge in [0.25, 0.3) is 5.91 Å². The second-order valence-corrected chi connectivity index (χ2v) is 5.63. The quantitative estimate of drug-likeness (QED) is 0.867. The monoisotopic (exact) mass is 298 g/mol. The van der Waals surface area contributed by atoms with Crippen molar-refractivity contribution in [1.82, 2.24) is 10.2 Å². The molecule has 1 N–H and O–H groups in total. The molecular weight excluding hydrogens is 280 g/mol. The summed E-state index contributed by atoms with van der Waals surface area (Å²) in [6, 6.07) is 7.36. The fourth-order valence-corrected chi connectivity index (χ4v) is 2.68. The fourth-order valence-electron chi connectivity index (χ4n) is 1.94. The first kappa shape index (κ1) is 15.9. The molecule has 19 heavy (non-hydrogen) atoms. The van der Waals surface area contributed by atoms with E-state index in [2.05, 4.69) is 5.32 Å². The van der Waals surface area contributed by atoms with E-state index in [9.17, 15) is 4.79 Å². The molecule has 0 unspecified atom stereocenters. The van der Waals surface area contributed by atoms with E-state index in [4.69, 9.17) is 23.8 Å². The van der Waals surface area contributed by atoms with Crippen LogP contribution in [0.4, 0.5) is 0 Å². The van der Waals surface area contributed by atoms with Gasteiger partial charge in [0.2, 0.25) is 0 Å². The third kappa shape index (κ3) is 4.18. The molecule has 1 aromatic rings. The first-order valence-corrected chi connectivity index (χ1v) is 7.01. The van der Waals surface area contributed by atoms with Gasteiger partial charge in [0.15, 0.2) is 5.11 Å². The lowest BCUT2D eigenvalue weighted by molar-refractivity contribution is 0.0971. The van der Waals surface area contributed by atoms with Crippen molar-refractivity contribution in [1.29, 1.82) is 0 Å². The van der Waals surface area contributed by atoms with Crippen LogP contribution in [0.3, 0.4) is 0 Å². The van der Waals surface area contributed by atoms with Crippen LogP contribution in [-0.4, -0.2) is 28.0 Å². The highest BCUT2D eigenvalue weighted by Gasteiger charge is 2.19. The highest BCUT2D eigenvalue weighted by molar-refractivity contribution is 7.80. The van der Waals surface area contributed by atoms with Crippen molar-refractivity contribution in [3.05, 3.63) is 34.9 Å². The van der Waals surface area contributed by atoms with Gasteiger partial charge in [-0.1, -0.05) is 23.7 Å². The van der Waals surface area contributed by atoms with Crippen molar-refractivity contribution < 1.29 is 4.79 Å². The van der Waals surface area contributed by atoms with Crippen LogP contribution in [0.15, 0.2) is 24.3 Å². The molecule has 3 nitrogen and oxygen atoms in total. The average Bonchev–Trinajstić information content (AvgIpc) is 2.27. The molecule has 0 aliphatic carbocycles. The molecule has 0 fully saturated rings. The highest BCUT2D eigenvalue weighted by atomic mass is 35.5. The molecule has 104 valence electrons. The summed E-state index contributed by atoms with van der Waals surface area (Å²) in [7, 11) is 0. The predicted octanol–water partition coefficient (Wildman–Crippen LogP) is 3.47. The first-order chi connectivity index (χ1) is 8.84. The number of thiocarbonyl (C=S) groups is 1. The average molecular weight is 299 g/mol. The summed E-state index contributed by atoms with van der Waals surface area (Å²) in [6.07, 6.45) is 0. The number of carbonyl (C=O) groups excluding carboxylic acids is 1. The van der Waals surface area contributed by atoms with E-state index in [-0.39, 0.29) is 18.0 Å². The molecule has 1 aromatic carbocycles. The Morgan fingerprint density at radius 2 is 1.74 bits per heavy atom. The van der Waals surface area contributed by atoms with E-state index >= 15 is 0 Å². The molecule has 0 heterocycles. The van der Waals surface area contributed by atoms with Crippen LogP contribution in [-0.2, 0) is 0 Å². The molecule has 0 aliphatic rings. The Balaban J connectivity index is 2.82. The first-order valence-electron chi connectivity index (χ1n) is 6.22. The van der Waals surface area contributed by atoms with Crippen molar-refractivity contribution >= 4 is 34.8 Å². The van der Waals surface area contributed by atoms with Gasteiger partial charge >= 0.3 is 0 Å². The fraction of sp³-hybridized carbons (Fsp3) is 0.429. The number of benzene rings is 1. The van der Waals surface area contributed by atoms with Crippen molar-refractivity contribution in [2.75, 3.05) is 0 Å². The van der Waals surface area contributed by atoms with Crippen LogP contribution in [0.2, 0.25) is 5.02 Å². The normalized spacial score (nSPS) is 10.7. The molecule has 1 amide bonds. The largest absolute Gasteiger partial charge is 0.344 e. The topological polar surface area (TPSA) is 32.3 Å². The number of rotatable bonds is 3. The molecular formula is C14H19ClN2OS. The van der Waals surface area contributed by atoms with E-state index in [0.717, 1.165) is 0 Å². The lowest BCUT2D eigenvalue weighted by Crippen LogP contribution is -2.49. The van der Waals surface area contributed by atoms with Crippen LogP contribution in [0.5, 0.6) is 0 Å². The molecule has 0 aromatic heterocycles. The van der Waals surface area contributed by atoms with Crippen LogP contribution in [0.25, 0.3) is 0 Å². The summed E-state index contributed by atoms with van der Waals surface area (Å²) in [5.41, 5.74) is 0.430. The van der Waals surface area contributed by atoms with E-state index in [0.29, 0.717) is 15.7 Å². The van der Waals surface area contributed by atoms with Gasteiger partial charge in [-0.2, -0.15) is 0 Å². The molecule has 1 rings (SSSR count). The van der Waals surface area contributed by atoms with Gasteiger partial charge in [-0.25, -0.2) is 0 Å². The third-order valence-electron chi connectivity index (χ3n) is 2.69. The minimum absolute atomic E-state index is 0.221. The van der Waals surface area contributed by atoms with Gasteiger partial charge in [-0.05, 0) is 52.0 Å². The van der Waals surface area contributed by atoms with Gasteiger partial charge in [0.1, 0.15) is 0 Å². The van der Waals surface area contributed by atoms with Crippen molar-refractivity contribution in [2.45, 2.75) is 39.8 Å². The molecule has 0 bridgehead atoms. The molecule has 0 radical (unpaired) electrons. The Kier molecular flexibility index (Phi) is 5.76. The zero-order valence-electron chi connectivity index (χ0n) is 11.6. The summed E-state index contributed by atoms with van der Waals surface area (Å²) >= 11 is 11.3. The predicted molar refractivity (Wildman–Crippen MR) is 83.6 cm³/mol. The summed E-state index contributed by atoms with van der Waals surface area (Å²) in [5.74, 6) is -0.276. The van der Waals surface area contributed by atoms with Crippen molar-refractivity contribution in [2.24, 2.45) is 0 Å². The van der Waals surface area contributed by atoms with Gasteiger partial charge in [-0.15, -0.1) is 0 Å². The zero-order chi connectivity index (χ0) is 14.6. The standard InChI is InChI=1S/C14H19ClN2OS/c1-9(2)17(10(3)4)14(19)16-13(18)11-7-5-6-8-12(11)15/h5-10H,1-4H3,(H,16,18,19). The maximum absolute atomic E-state index is 12.1. The number of nitrogens with zero attached hydrogens (tertiary/aromatic N) is 1. The van der Waals surface area contributed by atoms with E-state index in [1.54, 1.807) is 24.3 Å².